The van der Waals surface area contributed by atoms with Crippen LogP contribution in [0.1, 0.15) is 24.5 Å². The second-order valence-electron chi connectivity index (χ2n) is 3.77. The first-order chi connectivity index (χ1) is 8.11. The van der Waals surface area contributed by atoms with E-state index in [9.17, 15) is 4.79 Å². The summed E-state index contributed by atoms with van der Waals surface area (Å²) in [4.78, 5) is 10.6. The van der Waals surface area contributed by atoms with Gasteiger partial charge in [-0.2, -0.15) is 0 Å². The van der Waals surface area contributed by atoms with Crippen molar-refractivity contribution in [3.8, 4) is 17.6 Å². The van der Waals surface area contributed by atoms with Crippen LogP contribution in [-0.4, -0.2) is 19.6 Å². The first-order valence-corrected chi connectivity index (χ1v) is 5.51. The van der Waals surface area contributed by atoms with Gasteiger partial charge in [0.15, 0.2) is 0 Å². The average molecular weight is 231 g/mol. The number of ether oxygens (including phenoxy) is 1. The van der Waals surface area contributed by atoms with Gasteiger partial charge in [0.25, 0.3) is 0 Å². The molecule has 17 heavy (non-hydrogen) atoms. The molecular weight excluding hydrogens is 214 g/mol. The Morgan fingerprint density at radius 3 is 2.82 bits per heavy atom. The third kappa shape index (κ3) is 5.07. The fourth-order valence-corrected chi connectivity index (χ4v) is 1.40. The number of aryl methyl sites for hydroxylation is 1. The van der Waals surface area contributed by atoms with Crippen LogP contribution >= 0.6 is 0 Å². The number of carbonyl (C=O) groups excluding carboxylic acids is 1. The molecule has 1 aromatic rings. The lowest BCUT2D eigenvalue weighted by Crippen LogP contribution is -2.20. The standard InChI is InChI=1S/C14H17NO2/c1-11-8-13(10-14(9-11)17-3)6-4-5-7-15-12(2)16/h8-10H,5,7H2,1-3H3,(H,15,16). The van der Waals surface area contributed by atoms with Crippen LogP contribution in [0.3, 0.4) is 0 Å². The van der Waals surface area contributed by atoms with Gasteiger partial charge in [-0.05, 0) is 30.7 Å². The van der Waals surface area contributed by atoms with Crippen LogP contribution in [0.2, 0.25) is 0 Å². The molecule has 3 heteroatoms. The summed E-state index contributed by atoms with van der Waals surface area (Å²) in [5.41, 5.74) is 2.06. The highest BCUT2D eigenvalue weighted by Gasteiger charge is 1.95. The summed E-state index contributed by atoms with van der Waals surface area (Å²) in [5, 5.41) is 2.70. The van der Waals surface area contributed by atoms with Crippen LogP contribution in [-0.2, 0) is 4.79 Å². The summed E-state index contributed by atoms with van der Waals surface area (Å²) in [7, 11) is 1.64. The second-order valence-corrected chi connectivity index (χ2v) is 3.77. The van der Waals surface area contributed by atoms with Gasteiger partial charge in [0.05, 0.1) is 7.11 Å². The van der Waals surface area contributed by atoms with Crippen molar-refractivity contribution in [1.82, 2.24) is 5.32 Å². The molecule has 0 unspecified atom stereocenters. The van der Waals surface area contributed by atoms with Gasteiger partial charge >= 0.3 is 0 Å². The number of hydrogen-bond donors (Lipinski definition) is 1. The molecule has 0 fully saturated rings. The molecule has 0 aliphatic heterocycles. The number of carbonyl (C=O) groups is 1. The lowest BCUT2D eigenvalue weighted by Gasteiger charge is -2.01. The summed E-state index contributed by atoms with van der Waals surface area (Å²) in [6, 6.07) is 5.87. The maximum Gasteiger partial charge on any atom is 0.216 e. The molecule has 0 heterocycles. The van der Waals surface area contributed by atoms with E-state index in [-0.39, 0.29) is 5.91 Å². The minimum Gasteiger partial charge on any atom is -0.497 e. The molecule has 0 saturated heterocycles. The van der Waals surface area contributed by atoms with Crippen molar-refractivity contribution in [1.29, 1.82) is 0 Å². The molecule has 0 bridgehead atoms. The highest BCUT2D eigenvalue weighted by atomic mass is 16.5. The van der Waals surface area contributed by atoms with Crippen molar-refractivity contribution < 1.29 is 9.53 Å². The zero-order chi connectivity index (χ0) is 12.7. The number of benzene rings is 1. The molecule has 0 radical (unpaired) electrons. The Balaban J connectivity index is 2.59. The van der Waals surface area contributed by atoms with E-state index < -0.39 is 0 Å². The molecule has 0 atom stereocenters. The first kappa shape index (κ1) is 13.1. The zero-order valence-electron chi connectivity index (χ0n) is 10.5. The molecular formula is C14H17NO2. The number of rotatable bonds is 3. The van der Waals surface area contributed by atoms with Crippen LogP contribution in [0, 0.1) is 18.8 Å². The summed E-state index contributed by atoms with van der Waals surface area (Å²) in [5.74, 6) is 6.86. The van der Waals surface area contributed by atoms with Crippen molar-refractivity contribution in [2.75, 3.05) is 13.7 Å². The lowest BCUT2D eigenvalue weighted by atomic mass is 10.1. The molecule has 1 aromatic carbocycles. The Morgan fingerprint density at radius 1 is 1.41 bits per heavy atom. The minimum atomic E-state index is -0.0241. The van der Waals surface area contributed by atoms with E-state index in [1.807, 2.05) is 25.1 Å². The molecule has 0 aliphatic carbocycles. The van der Waals surface area contributed by atoms with Crippen LogP contribution < -0.4 is 10.1 Å². The van der Waals surface area contributed by atoms with Gasteiger partial charge < -0.3 is 10.1 Å². The predicted octanol–water partition coefficient (Wildman–Crippen LogP) is 1.88. The fourth-order valence-electron chi connectivity index (χ4n) is 1.40. The van der Waals surface area contributed by atoms with Gasteiger partial charge in [-0.1, -0.05) is 11.8 Å². The quantitative estimate of drug-likeness (QED) is 0.637. The third-order valence-electron chi connectivity index (χ3n) is 2.14. The lowest BCUT2D eigenvalue weighted by molar-refractivity contribution is -0.118. The first-order valence-electron chi connectivity index (χ1n) is 5.51. The molecule has 1 rings (SSSR count). The fraction of sp³-hybridized carbons (Fsp3) is 0.357. The molecule has 0 saturated carbocycles. The number of nitrogens with one attached hydrogen (secondary N) is 1. The summed E-state index contributed by atoms with van der Waals surface area (Å²) >= 11 is 0. The molecule has 0 aromatic heterocycles. The number of hydrogen-bond acceptors (Lipinski definition) is 2. The van der Waals surface area contributed by atoms with E-state index in [1.54, 1.807) is 7.11 Å². The van der Waals surface area contributed by atoms with Gasteiger partial charge in [-0.15, -0.1) is 0 Å². The van der Waals surface area contributed by atoms with Crippen molar-refractivity contribution in [3.63, 3.8) is 0 Å². The van der Waals surface area contributed by atoms with Gasteiger partial charge in [0.2, 0.25) is 5.91 Å². The van der Waals surface area contributed by atoms with Gasteiger partial charge in [-0.3, -0.25) is 4.79 Å². The SMILES string of the molecule is COc1cc(C)cc(C#CCCNC(C)=O)c1. The highest BCUT2D eigenvalue weighted by Crippen LogP contribution is 2.15. The molecule has 0 spiro atoms. The van der Waals surface area contributed by atoms with Crippen LogP contribution in [0.5, 0.6) is 5.75 Å². The van der Waals surface area contributed by atoms with Crippen molar-refractivity contribution in [3.05, 3.63) is 29.3 Å². The summed E-state index contributed by atoms with van der Waals surface area (Å²) in [6.45, 7) is 4.09. The van der Waals surface area contributed by atoms with E-state index in [2.05, 4.69) is 17.2 Å². The Labute approximate surface area is 102 Å². The van der Waals surface area contributed by atoms with Gasteiger partial charge in [-0.25, -0.2) is 0 Å². The smallest absolute Gasteiger partial charge is 0.216 e. The van der Waals surface area contributed by atoms with Crippen LogP contribution in [0.25, 0.3) is 0 Å². The molecule has 1 N–H and O–H groups in total. The largest absolute Gasteiger partial charge is 0.497 e. The second kappa shape index (κ2) is 6.59. The Morgan fingerprint density at radius 2 is 2.18 bits per heavy atom. The van der Waals surface area contributed by atoms with E-state index in [0.29, 0.717) is 13.0 Å². The van der Waals surface area contributed by atoms with E-state index in [4.69, 9.17) is 4.74 Å². The molecule has 3 nitrogen and oxygen atoms in total. The van der Waals surface area contributed by atoms with E-state index in [1.165, 1.54) is 6.92 Å². The van der Waals surface area contributed by atoms with Gasteiger partial charge in [0, 0.05) is 25.5 Å². The number of amides is 1. The van der Waals surface area contributed by atoms with Crippen molar-refractivity contribution >= 4 is 5.91 Å². The summed E-state index contributed by atoms with van der Waals surface area (Å²) in [6.07, 6.45) is 0.649. The zero-order valence-corrected chi connectivity index (χ0v) is 10.5. The molecule has 90 valence electrons. The Bertz CT molecular complexity index is 455. The highest BCUT2D eigenvalue weighted by molar-refractivity contribution is 5.72. The Hall–Kier alpha value is -1.95. The van der Waals surface area contributed by atoms with Crippen LogP contribution in [0.4, 0.5) is 0 Å². The maximum absolute atomic E-state index is 10.6. The Kier molecular flexibility index (Phi) is 5.09. The van der Waals surface area contributed by atoms with E-state index >= 15 is 0 Å². The predicted molar refractivity (Wildman–Crippen MR) is 67.9 cm³/mol. The normalized spacial score (nSPS) is 9.12. The van der Waals surface area contributed by atoms with Gasteiger partial charge in [0.1, 0.15) is 5.75 Å². The molecule has 0 aliphatic rings. The maximum atomic E-state index is 10.6. The van der Waals surface area contributed by atoms with Crippen molar-refractivity contribution in [2.45, 2.75) is 20.3 Å². The van der Waals surface area contributed by atoms with Crippen LogP contribution in [0.15, 0.2) is 18.2 Å². The third-order valence-corrected chi connectivity index (χ3v) is 2.14. The minimum absolute atomic E-state index is 0.0241. The molecule has 1 amide bonds. The van der Waals surface area contributed by atoms with E-state index in [0.717, 1.165) is 16.9 Å². The topological polar surface area (TPSA) is 38.3 Å². The van der Waals surface area contributed by atoms with Crippen molar-refractivity contribution in [2.24, 2.45) is 0 Å². The monoisotopic (exact) mass is 231 g/mol. The average Bonchev–Trinajstić information content (AvgIpc) is 2.27. The number of methoxy groups -OCH3 is 1. The summed E-state index contributed by atoms with van der Waals surface area (Å²) < 4.78 is 5.17.